The van der Waals surface area contributed by atoms with Gasteiger partial charge in [-0.05, 0) is 25.0 Å². The fraction of sp³-hybridized carbons (Fsp3) is 0.704. The van der Waals surface area contributed by atoms with E-state index >= 15 is 0 Å². The lowest BCUT2D eigenvalue weighted by atomic mass is 10.1. The van der Waals surface area contributed by atoms with Crippen LogP contribution < -0.4 is 4.74 Å². The number of hydrogen-bond acceptors (Lipinski definition) is 4. The molecule has 1 aromatic carbocycles. The maximum Gasteiger partial charge on any atom is 0.201 e. The average Bonchev–Trinajstić information content (AvgIpc) is 3.28. The predicted octanol–water partition coefficient (Wildman–Crippen LogP) is 9.30. The molecule has 0 amide bonds. The Morgan fingerprint density at radius 3 is 1.91 bits per heavy atom. The molecule has 6 heteroatoms. The van der Waals surface area contributed by atoms with Gasteiger partial charge in [0.1, 0.15) is 5.01 Å². The lowest BCUT2D eigenvalue weighted by molar-refractivity contribution is 0.285. The summed E-state index contributed by atoms with van der Waals surface area (Å²) < 4.78 is 34.7. The molecule has 33 heavy (non-hydrogen) atoms. The summed E-state index contributed by atoms with van der Waals surface area (Å²) in [7, 11) is 0. The number of ether oxygens (including phenoxy) is 1. The van der Waals surface area contributed by atoms with Crippen molar-refractivity contribution < 1.29 is 13.5 Å². The van der Waals surface area contributed by atoms with E-state index < -0.39 is 11.6 Å². The normalized spacial score (nSPS) is 11.3. The van der Waals surface area contributed by atoms with Gasteiger partial charge >= 0.3 is 0 Å². The predicted molar refractivity (Wildman–Crippen MR) is 135 cm³/mol. The molecule has 0 N–H and O–H groups in total. The van der Waals surface area contributed by atoms with Crippen molar-refractivity contribution >= 4 is 11.3 Å². The van der Waals surface area contributed by atoms with Crippen LogP contribution in [-0.4, -0.2) is 16.8 Å². The second kappa shape index (κ2) is 17.0. The van der Waals surface area contributed by atoms with Gasteiger partial charge in [-0.15, -0.1) is 10.2 Å². The zero-order valence-corrected chi connectivity index (χ0v) is 21.5. The van der Waals surface area contributed by atoms with E-state index in [1.807, 2.05) is 0 Å². The van der Waals surface area contributed by atoms with Crippen LogP contribution in [0.25, 0.3) is 10.6 Å². The Labute approximate surface area is 203 Å². The van der Waals surface area contributed by atoms with Crippen LogP contribution in [0.4, 0.5) is 8.78 Å². The summed E-state index contributed by atoms with van der Waals surface area (Å²) in [4.78, 5) is 0. The first-order valence-corrected chi connectivity index (χ1v) is 13.9. The van der Waals surface area contributed by atoms with Gasteiger partial charge in [0, 0.05) is 6.42 Å². The minimum absolute atomic E-state index is 0.0213. The van der Waals surface area contributed by atoms with Gasteiger partial charge in [0.2, 0.25) is 5.82 Å². The van der Waals surface area contributed by atoms with Crippen molar-refractivity contribution in [2.45, 2.75) is 117 Å². The topological polar surface area (TPSA) is 35.0 Å². The third-order valence-corrected chi connectivity index (χ3v) is 7.01. The van der Waals surface area contributed by atoms with Crippen molar-refractivity contribution in [3.8, 4) is 16.3 Å². The molecule has 0 saturated heterocycles. The van der Waals surface area contributed by atoms with Crippen molar-refractivity contribution in [1.82, 2.24) is 10.2 Å². The minimum atomic E-state index is -0.934. The summed E-state index contributed by atoms with van der Waals surface area (Å²) in [6, 6.07) is 3.06. The first-order chi connectivity index (χ1) is 16.2. The molecule has 3 nitrogen and oxygen atoms in total. The largest absolute Gasteiger partial charge is 0.490 e. The van der Waals surface area contributed by atoms with Gasteiger partial charge in [-0.3, -0.25) is 0 Å². The summed E-state index contributed by atoms with van der Waals surface area (Å²) >= 11 is 1.35. The molecule has 1 aromatic heterocycles. The fourth-order valence-corrected chi connectivity index (χ4v) is 4.82. The van der Waals surface area contributed by atoms with Gasteiger partial charge in [0.25, 0.3) is 0 Å². The lowest BCUT2D eigenvalue weighted by Crippen LogP contribution is -2.01. The Balaban J connectivity index is 1.73. The van der Waals surface area contributed by atoms with Crippen LogP contribution in [0, 0.1) is 11.6 Å². The highest BCUT2D eigenvalue weighted by molar-refractivity contribution is 7.14. The van der Waals surface area contributed by atoms with Crippen LogP contribution in [-0.2, 0) is 6.42 Å². The van der Waals surface area contributed by atoms with Crippen LogP contribution in [0.2, 0.25) is 0 Å². The van der Waals surface area contributed by atoms with E-state index in [2.05, 4.69) is 24.0 Å². The van der Waals surface area contributed by atoms with Gasteiger partial charge in [-0.25, -0.2) is 4.39 Å². The molecule has 0 aliphatic rings. The lowest BCUT2D eigenvalue weighted by Gasteiger charge is -2.09. The molecular weight excluding hydrogens is 438 g/mol. The average molecular weight is 481 g/mol. The summed E-state index contributed by atoms with van der Waals surface area (Å²) in [6.45, 7) is 4.85. The SMILES string of the molecule is CCCCCCCCCCOc1ccc(-c2nnc(CCCCCCCCC)s2)c(F)c1F. The molecule has 0 fully saturated rings. The highest BCUT2D eigenvalue weighted by Gasteiger charge is 2.18. The number of hydrogen-bond donors (Lipinski definition) is 0. The Bertz CT molecular complexity index is 781. The Kier molecular flexibility index (Phi) is 14.2. The van der Waals surface area contributed by atoms with Gasteiger partial charge < -0.3 is 4.74 Å². The highest BCUT2D eigenvalue weighted by Crippen LogP contribution is 2.32. The zero-order valence-electron chi connectivity index (χ0n) is 20.6. The molecule has 0 aliphatic carbocycles. The van der Waals surface area contributed by atoms with Crippen molar-refractivity contribution in [2.24, 2.45) is 0 Å². The first kappa shape index (κ1) is 27.7. The molecule has 2 rings (SSSR count). The standard InChI is InChI=1S/C27H42F2N2OS/c1-3-5-7-9-11-13-15-17-21-32-23-20-19-22(25(28)26(23)29)27-31-30-24(33-27)18-16-14-12-10-8-6-4-2/h19-20H,3-18,21H2,1-2H3. The Hall–Kier alpha value is -1.56. The van der Waals surface area contributed by atoms with E-state index in [1.165, 1.54) is 94.5 Å². The minimum Gasteiger partial charge on any atom is -0.490 e. The Morgan fingerprint density at radius 2 is 1.27 bits per heavy atom. The fourth-order valence-electron chi connectivity index (χ4n) is 3.92. The number of unbranched alkanes of at least 4 members (excludes halogenated alkanes) is 13. The van der Waals surface area contributed by atoms with Gasteiger partial charge in [0.05, 0.1) is 12.2 Å². The van der Waals surface area contributed by atoms with Crippen LogP contribution in [0.15, 0.2) is 12.1 Å². The third-order valence-electron chi connectivity index (χ3n) is 5.99. The smallest absolute Gasteiger partial charge is 0.201 e. The second-order valence-corrected chi connectivity index (χ2v) is 10.00. The Morgan fingerprint density at radius 1 is 0.697 bits per heavy atom. The van der Waals surface area contributed by atoms with Gasteiger partial charge in [0.15, 0.2) is 16.6 Å². The van der Waals surface area contributed by atoms with E-state index in [-0.39, 0.29) is 11.3 Å². The summed E-state index contributed by atoms with van der Waals surface area (Å²) in [6.07, 6.45) is 18.9. The van der Waals surface area contributed by atoms with Crippen molar-refractivity contribution in [3.05, 3.63) is 28.8 Å². The van der Waals surface area contributed by atoms with Crippen LogP contribution in [0.5, 0.6) is 5.75 Å². The molecule has 0 bridgehead atoms. The second-order valence-electron chi connectivity index (χ2n) is 8.93. The molecular formula is C27H42F2N2OS. The number of nitrogens with zero attached hydrogens (tertiary/aromatic N) is 2. The molecule has 1 heterocycles. The number of benzene rings is 1. The van der Waals surface area contributed by atoms with E-state index in [0.29, 0.717) is 11.6 Å². The first-order valence-electron chi connectivity index (χ1n) is 13.1. The molecule has 0 unspecified atom stereocenters. The highest BCUT2D eigenvalue weighted by atomic mass is 32.1. The summed E-state index contributed by atoms with van der Waals surface area (Å²) in [5, 5.41) is 9.60. The molecule has 186 valence electrons. The maximum atomic E-state index is 14.7. The number of halogens is 2. The number of aromatic nitrogens is 2. The van der Waals surface area contributed by atoms with Crippen molar-refractivity contribution in [1.29, 1.82) is 0 Å². The number of rotatable bonds is 19. The molecule has 0 saturated carbocycles. The third kappa shape index (κ3) is 10.5. The van der Waals surface area contributed by atoms with Crippen LogP contribution >= 0.6 is 11.3 Å². The summed E-state index contributed by atoms with van der Waals surface area (Å²) in [5.74, 6) is -1.86. The van der Waals surface area contributed by atoms with Crippen molar-refractivity contribution in [2.75, 3.05) is 6.61 Å². The maximum absolute atomic E-state index is 14.7. The molecule has 0 radical (unpaired) electrons. The van der Waals surface area contributed by atoms with E-state index in [9.17, 15) is 8.78 Å². The quantitative estimate of drug-likeness (QED) is 0.188. The molecule has 0 atom stereocenters. The molecule has 2 aromatic rings. The van der Waals surface area contributed by atoms with Crippen LogP contribution in [0.1, 0.15) is 115 Å². The van der Waals surface area contributed by atoms with Crippen molar-refractivity contribution in [3.63, 3.8) is 0 Å². The van der Waals surface area contributed by atoms with E-state index in [4.69, 9.17) is 4.74 Å². The van der Waals surface area contributed by atoms with Crippen LogP contribution in [0.3, 0.4) is 0 Å². The molecule has 0 spiro atoms. The summed E-state index contributed by atoms with van der Waals surface area (Å²) in [5.41, 5.74) is 0.162. The molecule has 0 aliphatic heterocycles. The number of aryl methyl sites for hydroxylation is 1. The van der Waals surface area contributed by atoms with Gasteiger partial charge in [-0.2, -0.15) is 4.39 Å². The van der Waals surface area contributed by atoms with E-state index in [1.54, 1.807) is 6.07 Å². The monoisotopic (exact) mass is 480 g/mol. The van der Waals surface area contributed by atoms with Gasteiger partial charge in [-0.1, -0.05) is 109 Å². The van der Waals surface area contributed by atoms with E-state index in [0.717, 1.165) is 30.7 Å². The zero-order chi connectivity index (χ0) is 23.7.